The largest absolute Gasteiger partial charge is 0.322 e. The Kier molecular flexibility index (Phi) is 6.86. The Morgan fingerprint density at radius 3 is 2.38 bits per heavy atom. The van der Waals surface area contributed by atoms with Gasteiger partial charge in [0.05, 0.1) is 12.7 Å². The molecule has 2 N–H and O–H groups in total. The minimum absolute atomic E-state index is 0.0133. The maximum atomic E-state index is 13.0. The minimum Gasteiger partial charge on any atom is -0.322 e. The van der Waals surface area contributed by atoms with E-state index in [0.717, 1.165) is 21.4 Å². The van der Waals surface area contributed by atoms with Crippen LogP contribution in [-0.4, -0.2) is 38.5 Å². The van der Waals surface area contributed by atoms with Crippen molar-refractivity contribution in [3.8, 4) is 0 Å². The van der Waals surface area contributed by atoms with Crippen molar-refractivity contribution in [1.29, 1.82) is 0 Å². The number of carbonyl (C=O) groups is 2. The highest BCUT2D eigenvalue weighted by molar-refractivity contribution is 6.30. The number of likely N-dealkylation sites (N-methyl/N-ethyl adjacent to an activating group) is 2. The van der Waals surface area contributed by atoms with E-state index in [1.165, 1.54) is 0 Å². The molecule has 0 radical (unpaired) electrons. The summed E-state index contributed by atoms with van der Waals surface area (Å²) < 4.78 is 0. The zero-order chi connectivity index (χ0) is 20.8. The second-order valence-corrected chi connectivity index (χ2v) is 7.44. The van der Waals surface area contributed by atoms with Crippen LogP contribution in [0.15, 0.2) is 66.7 Å². The van der Waals surface area contributed by atoms with Crippen LogP contribution in [-0.2, 0) is 9.59 Å². The molecule has 3 aromatic carbocycles. The molecule has 29 heavy (non-hydrogen) atoms. The quantitative estimate of drug-likeness (QED) is 0.629. The summed E-state index contributed by atoms with van der Waals surface area (Å²) in [5, 5.41) is 5.59. The number of nitrogens with zero attached hydrogens (tertiary/aromatic N) is 1. The van der Waals surface area contributed by atoms with Gasteiger partial charge in [0.25, 0.3) is 11.8 Å². The predicted octanol–water partition coefficient (Wildman–Crippen LogP) is 3.00. The minimum atomic E-state index is -0.147. The number of rotatable bonds is 7. The number of amides is 2. The third-order valence-electron chi connectivity index (χ3n) is 4.72. The zero-order valence-corrected chi connectivity index (χ0v) is 17.4. The van der Waals surface area contributed by atoms with E-state index in [9.17, 15) is 9.59 Å². The van der Waals surface area contributed by atoms with Crippen molar-refractivity contribution in [3.05, 3.63) is 71.8 Å². The Balaban J connectivity index is 1.64. The summed E-state index contributed by atoms with van der Waals surface area (Å²) in [6, 6.07) is 20.9. The van der Waals surface area contributed by atoms with Gasteiger partial charge in [-0.05, 0) is 42.6 Å². The number of benzene rings is 3. The van der Waals surface area contributed by atoms with Gasteiger partial charge in [0.15, 0.2) is 13.1 Å². The molecular weight excluding hydrogens is 386 g/mol. The molecule has 5 nitrogen and oxygen atoms in total. The van der Waals surface area contributed by atoms with Crippen molar-refractivity contribution in [2.75, 3.05) is 36.9 Å². The Morgan fingerprint density at radius 2 is 1.66 bits per heavy atom. The highest BCUT2D eigenvalue weighted by atomic mass is 35.5. The van der Waals surface area contributed by atoms with E-state index in [4.69, 9.17) is 11.6 Å². The van der Waals surface area contributed by atoms with Crippen molar-refractivity contribution in [1.82, 2.24) is 0 Å². The fourth-order valence-corrected chi connectivity index (χ4v) is 3.48. The molecule has 3 aromatic rings. The Morgan fingerprint density at radius 1 is 0.966 bits per heavy atom. The summed E-state index contributed by atoms with van der Waals surface area (Å²) in [5.74, 6) is -0.161. The smallest absolute Gasteiger partial charge is 0.282 e. The van der Waals surface area contributed by atoms with Gasteiger partial charge in [-0.25, -0.2) is 0 Å². The summed E-state index contributed by atoms with van der Waals surface area (Å²) in [4.78, 5) is 27.8. The van der Waals surface area contributed by atoms with Crippen LogP contribution in [0.5, 0.6) is 0 Å². The van der Waals surface area contributed by atoms with E-state index in [1.807, 2.05) is 56.4 Å². The summed E-state index contributed by atoms with van der Waals surface area (Å²) in [6.07, 6.45) is 0. The SMILES string of the molecule is CCN(C(=O)C[NH+](C)CC(=O)Nc1ccc(Cl)cc1)c1cccc2ccccc12. The van der Waals surface area contributed by atoms with Gasteiger partial charge in [0, 0.05) is 22.6 Å². The number of fused-ring (bicyclic) bond motifs is 1. The molecule has 2 amide bonds. The first-order chi connectivity index (χ1) is 14.0. The summed E-state index contributed by atoms with van der Waals surface area (Å²) in [5.41, 5.74) is 1.58. The first-order valence-electron chi connectivity index (χ1n) is 9.62. The number of halogens is 1. The van der Waals surface area contributed by atoms with Crippen LogP contribution in [0.25, 0.3) is 10.8 Å². The molecule has 0 aromatic heterocycles. The summed E-state index contributed by atoms with van der Waals surface area (Å²) in [6.45, 7) is 2.95. The molecule has 0 bridgehead atoms. The Hall–Kier alpha value is -2.89. The van der Waals surface area contributed by atoms with Gasteiger partial charge in [-0.3, -0.25) is 9.59 Å². The molecule has 0 heterocycles. The number of hydrogen-bond donors (Lipinski definition) is 2. The lowest BCUT2D eigenvalue weighted by Crippen LogP contribution is -3.11. The molecule has 150 valence electrons. The van der Waals surface area contributed by atoms with Crippen molar-refractivity contribution in [2.45, 2.75) is 6.92 Å². The monoisotopic (exact) mass is 410 g/mol. The van der Waals surface area contributed by atoms with E-state index in [0.29, 0.717) is 17.3 Å². The van der Waals surface area contributed by atoms with Crippen molar-refractivity contribution in [2.24, 2.45) is 0 Å². The number of quaternary nitrogens is 1. The third-order valence-corrected chi connectivity index (χ3v) is 4.97. The molecule has 0 fully saturated rings. The van der Waals surface area contributed by atoms with Gasteiger partial charge in [-0.2, -0.15) is 0 Å². The van der Waals surface area contributed by atoms with Crippen LogP contribution < -0.4 is 15.1 Å². The standard InChI is InChI=1S/C23H24ClN3O2/c1-3-27(21-10-6-8-17-7-4-5-9-20(17)21)23(29)16-26(2)15-22(28)25-19-13-11-18(24)12-14-19/h4-14H,3,15-16H2,1-2H3,(H,25,28)/p+1. The van der Waals surface area contributed by atoms with E-state index in [-0.39, 0.29) is 24.9 Å². The number of nitrogens with one attached hydrogen (secondary N) is 2. The topological polar surface area (TPSA) is 53.9 Å². The molecule has 0 aliphatic carbocycles. The van der Waals surface area contributed by atoms with Crippen LogP contribution in [0.1, 0.15) is 6.92 Å². The maximum absolute atomic E-state index is 13.0. The van der Waals surface area contributed by atoms with Crippen LogP contribution in [0.4, 0.5) is 11.4 Å². The summed E-state index contributed by atoms with van der Waals surface area (Å²) >= 11 is 5.86. The molecular formula is C23H25ClN3O2+. The second kappa shape index (κ2) is 9.54. The van der Waals surface area contributed by atoms with Crippen molar-refractivity contribution >= 4 is 45.6 Å². The fourth-order valence-electron chi connectivity index (χ4n) is 3.35. The van der Waals surface area contributed by atoms with Crippen LogP contribution >= 0.6 is 11.6 Å². The van der Waals surface area contributed by atoms with Crippen LogP contribution in [0.3, 0.4) is 0 Å². The highest BCUT2D eigenvalue weighted by Gasteiger charge is 2.21. The lowest BCUT2D eigenvalue weighted by Gasteiger charge is -2.24. The molecule has 0 saturated carbocycles. The van der Waals surface area contributed by atoms with Crippen molar-refractivity contribution in [3.63, 3.8) is 0 Å². The molecule has 0 aliphatic rings. The third kappa shape index (κ3) is 5.34. The average Bonchev–Trinajstić information content (AvgIpc) is 2.70. The molecule has 0 saturated heterocycles. The predicted molar refractivity (Wildman–Crippen MR) is 119 cm³/mol. The number of carbonyl (C=O) groups excluding carboxylic acids is 2. The number of anilines is 2. The molecule has 1 unspecified atom stereocenters. The Labute approximate surface area is 175 Å². The average molecular weight is 411 g/mol. The van der Waals surface area contributed by atoms with E-state index in [1.54, 1.807) is 29.2 Å². The van der Waals surface area contributed by atoms with Gasteiger partial charge >= 0.3 is 0 Å². The molecule has 0 aliphatic heterocycles. The van der Waals surface area contributed by atoms with Gasteiger partial charge in [0.2, 0.25) is 0 Å². The van der Waals surface area contributed by atoms with Gasteiger partial charge in [0.1, 0.15) is 0 Å². The van der Waals surface area contributed by atoms with E-state index >= 15 is 0 Å². The Bertz CT molecular complexity index is 999. The van der Waals surface area contributed by atoms with E-state index < -0.39 is 0 Å². The molecule has 0 spiro atoms. The number of hydrogen-bond acceptors (Lipinski definition) is 2. The van der Waals surface area contributed by atoms with E-state index in [2.05, 4.69) is 5.32 Å². The fraction of sp³-hybridized carbons (Fsp3) is 0.217. The van der Waals surface area contributed by atoms with Gasteiger partial charge in [-0.15, -0.1) is 0 Å². The van der Waals surface area contributed by atoms with Gasteiger partial charge in [-0.1, -0.05) is 48.0 Å². The zero-order valence-electron chi connectivity index (χ0n) is 16.6. The van der Waals surface area contributed by atoms with Crippen LogP contribution in [0, 0.1) is 0 Å². The van der Waals surface area contributed by atoms with Crippen LogP contribution in [0.2, 0.25) is 5.02 Å². The maximum Gasteiger partial charge on any atom is 0.282 e. The first-order valence-corrected chi connectivity index (χ1v) is 10.0. The normalized spacial score (nSPS) is 11.8. The highest BCUT2D eigenvalue weighted by Crippen LogP contribution is 2.26. The van der Waals surface area contributed by atoms with Crippen molar-refractivity contribution < 1.29 is 14.5 Å². The molecule has 6 heteroatoms. The molecule has 1 atom stereocenters. The summed E-state index contributed by atoms with van der Waals surface area (Å²) in [7, 11) is 1.84. The second-order valence-electron chi connectivity index (χ2n) is 7.00. The first kappa shape index (κ1) is 20.8. The molecule has 3 rings (SSSR count). The lowest BCUT2D eigenvalue weighted by molar-refractivity contribution is -0.862. The van der Waals surface area contributed by atoms with Gasteiger partial charge < -0.3 is 15.1 Å². The lowest BCUT2D eigenvalue weighted by atomic mass is 10.1.